The highest BCUT2D eigenvalue weighted by atomic mass is 15.0. The molecule has 3 nitrogen and oxygen atoms in total. The Morgan fingerprint density at radius 3 is 2.94 bits per heavy atom. The Bertz CT molecular complexity index is 460. The average molecular weight is 215 g/mol. The Balaban J connectivity index is 2.08. The largest absolute Gasteiger partial charge is 0.348 e. The molecule has 0 aliphatic rings. The normalized spacial score (nSPS) is 10.6. The zero-order chi connectivity index (χ0) is 11.4. The van der Waals surface area contributed by atoms with Gasteiger partial charge < -0.3 is 9.88 Å². The van der Waals surface area contributed by atoms with E-state index in [2.05, 4.69) is 45.5 Å². The first-order chi connectivity index (χ1) is 7.78. The van der Waals surface area contributed by atoms with E-state index in [0.29, 0.717) is 0 Å². The van der Waals surface area contributed by atoms with Gasteiger partial charge in [-0.25, -0.2) is 0 Å². The van der Waals surface area contributed by atoms with Crippen molar-refractivity contribution in [2.45, 2.75) is 20.0 Å². The number of aromatic nitrogens is 2. The summed E-state index contributed by atoms with van der Waals surface area (Å²) in [5, 5.41) is 3.14. The van der Waals surface area contributed by atoms with E-state index in [4.69, 9.17) is 0 Å². The van der Waals surface area contributed by atoms with Gasteiger partial charge in [0.25, 0.3) is 0 Å². The molecule has 2 aromatic heterocycles. The Morgan fingerprint density at radius 1 is 1.31 bits per heavy atom. The van der Waals surface area contributed by atoms with Crippen molar-refractivity contribution < 1.29 is 0 Å². The van der Waals surface area contributed by atoms with Crippen molar-refractivity contribution in [2.75, 3.05) is 7.05 Å². The fourth-order valence-corrected chi connectivity index (χ4v) is 1.77. The van der Waals surface area contributed by atoms with Crippen LogP contribution < -0.4 is 5.32 Å². The second-order valence-corrected chi connectivity index (χ2v) is 3.99. The van der Waals surface area contributed by atoms with Crippen molar-refractivity contribution in [1.82, 2.24) is 14.9 Å². The standard InChI is InChI=1S/C13H17N3/c1-11-4-3-5-13(15-11)10-16-7-6-12(9-16)8-14-2/h3-7,9,14H,8,10H2,1-2H3. The van der Waals surface area contributed by atoms with Gasteiger partial charge in [0.05, 0.1) is 12.2 Å². The highest BCUT2D eigenvalue weighted by Gasteiger charge is 1.98. The van der Waals surface area contributed by atoms with Crippen LogP contribution in [-0.2, 0) is 13.1 Å². The molecule has 2 heterocycles. The Hall–Kier alpha value is -1.61. The van der Waals surface area contributed by atoms with Crippen LogP contribution in [0.15, 0.2) is 36.7 Å². The van der Waals surface area contributed by atoms with Crippen LogP contribution in [0.2, 0.25) is 0 Å². The van der Waals surface area contributed by atoms with Crippen molar-refractivity contribution in [3.05, 3.63) is 53.6 Å². The van der Waals surface area contributed by atoms with E-state index in [9.17, 15) is 0 Å². The number of nitrogens with zero attached hydrogens (tertiary/aromatic N) is 2. The molecular weight excluding hydrogens is 198 g/mol. The van der Waals surface area contributed by atoms with Crippen molar-refractivity contribution in [2.24, 2.45) is 0 Å². The summed E-state index contributed by atoms with van der Waals surface area (Å²) in [5.41, 5.74) is 3.47. The van der Waals surface area contributed by atoms with E-state index in [1.165, 1.54) is 5.56 Å². The van der Waals surface area contributed by atoms with Gasteiger partial charge in [-0.3, -0.25) is 4.98 Å². The summed E-state index contributed by atoms with van der Waals surface area (Å²) < 4.78 is 2.16. The molecule has 0 saturated heterocycles. The highest BCUT2D eigenvalue weighted by Crippen LogP contribution is 2.05. The van der Waals surface area contributed by atoms with Gasteiger partial charge in [0.1, 0.15) is 0 Å². The monoisotopic (exact) mass is 215 g/mol. The zero-order valence-electron chi connectivity index (χ0n) is 9.77. The summed E-state index contributed by atoms with van der Waals surface area (Å²) in [6.07, 6.45) is 4.25. The molecule has 0 fully saturated rings. The maximum Gasteiger partial charge on any atom is 0.0642 e. The summed E-state index contributed by atoms with van der Waals surface area (Å²) in [5.74, 6) is 0. The molecule has 0 aliphatic heterocycles. The van der Waals surface area contributed by atoms with E-state index in [-0.39, 0.29) is 0 Å². The SMILES string of the molecule is CNCc1ccn(Cc2cccc(C)n2)c1. The maximum absolute atomic E-state index is 4.49. The molecule has 2 rings (SSSR count). The molecule has 0 atom stereocenters. The third-order valence-electron chi connectivity index (χ3n) is 2.48. The van der Waals surface area contributed by atoms with Gasteiger partial charge >= 0.3 is 0 Å². The summed E-state index contributed by atoms with van der Waals surface area (Å²) in [6, 6.07) is 8.26. The van der Waals surface area contributed by atoms with Crippen LogP contribution in [0.4, 0.5) is 0 Å². The molecule has 16 heavy (non-hydrogen) atoms. The molecule has 0 aromatic carbocycles. The first-order valence-electron chi connectivity index (χ1n) is 5.50. The number of rotatable bonds is 4. The third kappa shape index (κ3) is 2.70. The third-order valence-corrected chi connectivity index (χ3v) is 2.48. The molecule has 0 aliphatic carbocycles. The first-order valence-corrected chi connectivity index (χ1v) is 5.50. The van der Waals surface area contributed by atoms with Crippen LogP contribution in [0.5, 0.6) is 0 Å². The van der Waals surface area contributed by atoms with Gasteiger partial charge in [-0.05, 0) is 37.7 Å². The van der Waals surface area contributed by atoms with Crippen LogP contribution in [0, 0.1) is 6.92 Å². The van der Waals surface area contributed by atoms with E-state index < -0.39 is 0 Å². The van der Waals surface area contributed by atoms with Gasteiger partial charge in [-0.2, -0.15) is 0 Å². The number of hydrogen-bond acceptors (Lipinski definition) is 2. The number of pyridine rings is 1. The van der Waals surface area contributed by atoms with Crippen LogP contribution in [0.25, 0.3) is 0 Å². The molecule has 0 spiro atoms. The zero-order valence-corrected chi connectivity index (χ0v) is 9.77. The topological polar surface area (TPSA) is 29.9 Å². The van der Waals surface area contributed by atoms with E-state index in [1.807, 2.05) is 20.0 Å². The smallest absolute Gasteiger partial charge is 0.0642 e. The summed E-state index contributed by atoms with van der Waals surface area (Å²) >= 11 is 0. The summed E-state index contributed by atoms with van der Waals surface area (Å²) in [4.78, 5) is 4.49. The predicted molar refractivity (Wildman–Crippen MR) is 65.3 cm³/mol. The lowest BCUT2D eigenvalue weighted by Gasteiger charge is -2.03. The minimum Gasteiger partial charge on any atom is -0.348 e. The summed E-state index contributed by atoms with van der Waals surface area (Å²) in [7, 11) is 1.96. The van der Waals surface area contributed by atoms with E-state index in [0.717, 1.165) is 24.5 Å². The second kappa shape index (κ2) is 4.94. The fraction of sp³-hybridized carbons (Fsp3) is 0.308. The Kier molecular flexibility index (Phi) is 3.37. The van der Waals surface area contributed by atoms with Crippen LogP contribution in [-0.4, -0.2) is 16.6 Å². The highest BCUT2D eigenvalue weighted by molar-refractivity contribution is 5.14. The lowest BCUT2D eigenvalue weighted by atomic mass is 10.3. The van der Waals surface area contributed by atoms with Crippen LogP contribution >= 0.6 is 0 Å². The molecule has 1 N–H and O–H groups in total. The fourth-order valence-electron chi connectivity index (χ4n) is 1.77. The van der Waals surface area contributed by atoms with Crippen molar-refractivity contribution in [3.8, 4) is 0 Å². The minimum atomic E-state index is 0.839. The quantitative estimate of drug-likeness (QED) is 0.845. The number of hydrogen-bond donors (Lipinski definition) is 1. The molecule has 0 unspecified atom stereocenters. The molecule has 3 heteroatoms. The van der Waals surface area contributed by atoms with Gasteiger partial charge in [0.2, 0.25) is 0 Å². The number of aryl methyl sites for hydroxylation is 1. The molecule has 0 saturated carbocycles. The molecule has 84 valence electrons. The Morgan fingerprint density at radius 2 is 2.19 bits per heavy atom. The van der Waals surface area contributed by atoms with Crippen LogP contribution in [0.3, 0.4) is 0 Å². The molecule has 0 amide bonds. The average Bonchev–Trinajstić information content (AvgIpc) is 2.66. The van der Waals surface area contributed by atoms with Gasteiger partial charge in [-0.15, -0.1) is 0 Å². The molecule has 2 aromatic rings. The predicted octanol–water partition coefficient (Wildman–Crippen LogP) is 1.96. The van der Waals surface area contributed by atoms with Crippen LogP contribution in [0.1, 0.15) is 17.0 Å². The lowest BCUT2D eigenvalue weighted by Crippen LogP contribution is -2.04. The lowest BCUT2D eigenvalue weighted by molar-refractivity contribution is 0.763. The van der Waals surface area contributed by atoms with Crippen molar-refractivity contribution in [3.63, 3.8) is 0 Å². The second-order valence-electron chi connectivity index (χ2n) is 3.99. The first kappa shape index (κ1) is 10.9. The van der Waals surface area contributed by atoms with E-state index in [1.54, 1.807) is 0 Å². The van der Waals surface area contributed by atoms with Crippen molar-refractivity contribution in [1.29, 1.82) is 0 Å². The van der Waals surface area contributed by atoms with Gasteiger partial charge in [0, 0.05) is 24.6 Å². The van der Waals surface area contributed by atoms with Gasteiger partial charge in [-0.1, -0.05) is 6.07 Å². The molecule has 0 bridgehead atoms. The number of nitrogens with one attached hydrogen (secondary N) is 1. The van der Waals surface area contributed by atoms with Crippen molar-refractivity contribution >= 4 is 0 Å². The Labute approximate surface area is 96.1 Å². The molecule has 0 radical (unpaired) electrons. The van der Waals surface area contributed by atoms with E-state index >= 15 is 0 Å². The summed E-state index contributed by atoms with van der Waals surface area (Å²) in [6.45, 7) is 3.77. The van der Waals surface area contributed by atoms with Gasteiger partial charge in [0.15, 0.2) is 0 Å². The minimum absolute atomic E-state index is 0.839. The molecular formula is C13H17N3. The maximum atomic E-state index is 4.49.